The van der Waals surface area contributed by atoms with Gasteiger partial charge in [0.1, 0.15) is 6.04 Å². The first-order valence-corrected chi connectivity index (χ1v) is 9.15. The van der Waals surface area contributed by atoms with Crippen molar-refractivity contribution in [1.29, 1.82) is 0 Å². The lowest BCUT2D eigenvalue weighted by Crippen LogP contribution is -2.45. The molecule has 1 atom stereocenters. The highest BCUT2D eigenvalue weighted by molar-refractivity contribution is 5.97. The molecule has 0 spiro atoms. The van der Waals surface area contributed by atoms with Crippen molar-refractivity contribution >= 4 is 11.9 Å². The fraction of sp³-hybridized carbons (Fsp3) is 0.227. The minimum absolute atomic E-state index is 0.249. The van der Waals surface area contributed by atoms with Crippen LogP contribution in [0.5, 0.6) is 0 Å². The molecule has 0 aliphatic rings. The third-order valence-electron chi connectivity index (χ3n) is 4.15. The van der Waals surface area contributed by atoms with Gasteiger partial charge in [-0.15, -0.1) is 0 Å². The molecule has 1 amide bonds. The molecule has 0 saturated carbocycles. The fourth-order valence-corrected chi connectivity index (χ4v) is 2.79. The Balaban J connectivity index is 1.72. The van der Waals surface area contributed by atoms with Crippen LogP contribution in [0.2, 0.25) is 0 Å². The van der Waals surface area contributed by atoms with Crippen LogP contribution in [0.15, 0.2) is 73.3 Å². The maximum absolute atomic E-state index is 12.7. The van der Waals surface area contributed by atoms with Crippen LogP contribution >= 0.6 is 0 Å². The molecular formula is C22H23N3O3. The number of benzene rings is 2. The molecule has 1 heterocycles. The zero-order chi connectivity index (χ0) is 19.9. The molecule has 0 radical (unpaired) electrons. The lowest BCUT2D eigenvalue weighted by Gasteiger charge is -2.19. The number of esters is 1. The van der Waals surface area contributed by atoms with Crippen molar-refractivity contribution in [2.24, 2.45) is 0 Å². The zero-order valence-electron chi connectivity index (χ0n) is 15.9. The SMILES string of the molecule is CC(C)OC(=O)[C@H](Cn1ccnc1)NC(=O)c1ccc(-c2ccccc2)cc1. The van der Waals surface area contributed by atoms with E-state index in [0.717, 1.165) is 11.1 Å². The van der Waals surface area contributed by atoms with E-state index in [1.165, 1.54) is 0 Å². The normalized spacial score (nSPS) is 11.8. The van der Waals surface area contributed by atoms with Gasteiger partial charge in [-0.25, -0.2) is 9.78 Å². The van der Waals surface area contributed by atoms with Crippen LogP contribution in [0.3, 0.4) is 0 Å². The molecule has 0 aliphatic carbocycles. The highest BCUT2D eigenvalue weighted by Gasteiger charge is 2.24. The average Bonchev–Trinajstić information content (AvgIpc) is 3.21. The Hall–Kier alpha value is -3.41. The van der Waals surface area contributed by atoms with Gasteiger partial charge >= 0.3 is 5.97 Å². The number of rotatable bonds is 7. The summed E-state index contributed by atoms with van der Waals surface area (Å²) in [6, 6.07) is 16.4. The Morgan fingerprint density at radius 1 is 1.04 bits per heavy atom. The molecule has 1 aromatic heterocycles. The maximum atomic E-state index is 12.7. The lowest BCUT2D eigenvalue weighted by atomic mass is 10.0. The Morgan fingerprint density at radius 2 is 1.71 bits per heavy atom. The molecule has 6 nitrogen and oxygen atoms in total. The second kappa shape index (κ2) is 8.99. The van der Waals surface area contributed by atoms with Gasteiger partial charge in [0.2, 0.25) is 0 Å². The van der Waals surface area contributed by atoms with Crippen molar-refractivity contribution in [2.45, 2.75) is 32.5 Å². The third kappa shape index (κ3) is 5.07. The largest absolute Gasteiger partial charge is 0.461 e. The molecule has 2 aromatic carbocycles. The molecule has 0 saturated heterocycles. The molecule has 3 rings (SSSR count). The van der Waals surface area contributed by atoms with Gasteiger partial charge in [0.25, 0.3) is 5.91 Å². The van der Waals surface area contributed by atoms with Gasteiger partial charge in [0, 0.05) is 18.0 Å². The van der Waals surface area contributed by atoms with Crippen LogP contribution in [-0.2, 0) is 16.1 Å². The van der Waals surface area contributed by atoms with Crippen LogP contribution in [0, 0.1) is 0 Å². The van der Waals surface area contributed by atoms with Gasteiger partial charge in [0.05, 0.1) is 19.0 Å². The molecular weight excluding hydrogens is 354 g/mol. The van der Waals surface area contributed by atoms with Crippen molar-refractivity contribution in [1.82, 2.24) is 14.9 Å². The minimum Gasteiger partial charge on any atom is -0.461 e. The number of hydrogen-bond acceptors (Lipinski definition) is 4. The van der Waals surface area contributed by atoms with Gasteiger partial charge in [-0.3, -0.25) is 4.79 Å². The van der Waals surface area contributed by atoms with E-state index in [9.17, 15) is 9.59 Å². The van der Waals surface area contributed by atoms with Gasteiger partial charge in [-0.1, -0.05) is 42.5 Å². The van der Waals surface area contributed by atoms with Crippen LogP contribution in [0.25, 0.3) is 11.1 Å². The minimum atomic E-state index is -0.808. The van der Waals surface area contributed by atoms with E-state index < -0.39 is 12.0 Å². The summed E-state index contributed by atoms with van der Waals surface area (Å²) in [6.07, 6.45) is 4.68. The highest BCUT2D eigenvalue weighted by Crippen LogP contribution is 2.19. The summed E-state index contributed by atoms with van der Waals surface area (Å²) in [5.41, 5.74) is 2.58. The van der Waals surface area contributed by atoms with Gasteiger partial charge in [0.15, 0.2) is 0 Å². The number of ether oxygens (including phenoxy) is 1. The van der Waals surface area contributed by atoms with E-state index in [-0.39, 0.29) is 18.6 Å². The number of aromatic nitrogens is 2. The first kappa shape index (κ1) is 19.4. The summed E-state index contributed by atoms with van der Waals surface area (Å²) < 4.78 is 7.01. The van der Waals surface area contributed by atoms with E-state index in [2.05, 4.69) is 10.3 Å². The summed E-state index contributed by atoms with van der Waals surface area (Å²) >= 11 is 0. The number of imidazole rings is 1. The Labute approximate surface area is 164 Å². The number of nitrogens with one attached hydrogen (secondary N) is 1. The molecule has 3 aromatic rings. The number of hydrogen-bond donors (Lipinski definition) is 1. The van der Waals surface area contributed by atoms with E-state index in [1.807, 2.05) is 42.5 Å². The summed E-state index contributed by atoms with van der Waals surface area (Å²) in [6.45, 7) is 3.80. The summed E-state index contributed by atoms with van der Waals surface area (Å²) in [5.74, 6) is -0.802. The van der Waals surface area contributed by atoms with Crippen molar-refractivity contribution in [2.75, 3.05) is 0 Å². The van der Waals surface area contributed by atoms with Gasteiger partial charge < -0.3 is 14.6 Å². The van der Waals surface area contributed by atoms with E-state index in [1.54, 1.807) is 49.3 Å². The number of carbonyl (C=O) groups excluding carboxylic acids is 2. The van der Waals surface area contributed by atoms with Gasteiger partial charge in [-0.05, 0) is 37.1 Å². The van der Waals surface area contributed by atoms with E-state index >= 15 is 0 Å². The molecule has 0 fully saturated rings. The molecule has 6 heteroatoms. The maximum Gasteiger partial charge on any atom is 0.330 e. The Kier molecular flexibility index (Phi) is 6.22. The highest BCUT2D eigenvalue weighted by atomic mass is 16.5. The Morgan fingerprint density at radius 3 is 2.32 bits per heavy atom. The topological polar surface area (TPSA) is 73.2 Å². The number of amides is 1. The molecule has 144 valence electrons. The Bertz CT molecular complexity index is 904. The monoisotopic (exact) mass is 377 g/mol. The van der Waals surface area contributed by atoms with Crippen LogP contribution < -0.4 is 5.32 Å². The first-order chi connectivity index (χ1) is 13.5. The third-order valence-corrected chi connectivity index (χ3v) is 4.15. The lowest BCUT2D eigenvalue weighted by molar-refractivity contribution is -0.150. The molecule has 0 aliphatic heterocycles. The number of carbonyl (C=O) groups is 2. The second-order valence-electron chi connectivity index (χ2n) is 6.71. The summed E-state index contributed by atoms with van der Waals surface area (Å²) in [7, 11) is 0. The first-order valence-electron chi connectivity index (χ1n) is 9.15. The van der Waals surface area contributed by atoms with Crippen LogP contribution in [0.1, 0.15) is 24.2 Å². The van der Waals surface area contributed by atoms with Gasteiger partial charge in [-0.2, -0.15) is 0 Å². The standard InChI is InChI=1S/C22H23N3O3/c1-16(2)28-22(27)20(14-25-13-12-23-15-25)24-21(26)19-10-8-18(9-11-19)17-6-4-3-5-7-17/h3-13,15-16,20H,14H2,1-2H3,(H,24,26)/t20-/m0/s1. The van der Waals surface area contributed by atoms with Crippen molar-refractivity contribution in [3.63, 3.8) is 0 Å². The average molecular weight is 377 g/mol. The van der Waals surface area contributed by atoms with E-state index in [0.29, 0.717) is 5.56 Å². The zero-order valence-corrected chi connectivity index (χ0v) is 15.9. The summed E-state index contributed by atoms with van der Waals surface area (Å²) in [5, 5.41) is 2.77. The quantitative estimate of drug-likeness (QED) is 0.641. The van der Waals surface area contributed by atoms with Crippen molar-refractivity contribution in [3.05, 3.63) is 78.9 Å². The van der Waals surface area contributed by atoms with Crippen LogP contribution in [0.4, 0.5) is 0 Å². The van der Waals surface area contributed by atoms with Crippen molar-refractivity contribution in [3.8, 4) is 11.1 Å². The number of nitrogens with zero attached hydrogens (tertiary/aromatic N) is 2. The fourth-order valence-electron chi connectivity index (χ4n) is 2.79. The molecule has 1 N–H and O–H groups in total. The van der Waals surface area contributed by atoms with Crippen LogP contribution in [-0.4, -0.2) is 33.6 Å². The van der Waals surface area contributed by atoms with Crippen molar-refractivity contribution < 1.29 is 14.3 Å². The van der Waals surface area contributed by atoms with E-state index in [4.69, 9.17) is 4.74 Å². The predicted octanol–water partition coefficient (Wildman–Crippen LogP) is 3.30. The molecule has 0 unspecified atom stereocenters. The second-order valence-corrected chi connectivity index (χ2v) is 6.71. The molecule has 0 bridgehead atoms. The summed E-state index contributed by atoms with van der Waals surface area (Å²) in [4.78, 5) is 29.1. The predicted molar refractivity (Wildman–Crippen MR) is 107 cm³/mol. The smallest absolute Gasteiger partial charge is 0.330 e. The molecule has 28 heavy (non-hydrogen) atoms.